The van der Waals surface area contributed by atoms with Crippen molar-refractivity contribution in [3.05, 3.63) is 89.2 Å². The van der Waals surface area contributed by atoms with Gasteiger partial charge in [0, 0.05) is 27.9 Å². The van der Waals surface area contributed by atoms with E-state index in [0.717, 1.165) is 27.7 Å². The van der Waals surface area contributed by atoms with E-state index in [4.69, 9.17) is 0 Å². The lowest BCUT2D eigenvalue weighted by atomic mass is 9.86. The zero-order valence-electron chi connectivity index (χ0n) is 16.0. The lowest BCUT2D eigenvalue weighted by Gasteiger charge is -2.34. The van der Waals surface area contributed by atoms with Crippen molar-refractivity contribution in [2.45, 2.75) is 25.1 Å². The molecule has 0 bridgehead atoms. The average molecular weight is 474 g/mol. The van der Waals surface area contributed by atoms with Crippen molar-refractivity contribution in [2.24, 2.45) is 0 Å². The van der Waals surface area contributed by atoms with Gasteiger partial charge in [-0.25, -0.2) is 18.4 Å². The molecule has 0 radical (unpaired) electrons. The first-order valence-electron chi connectivity index (χ1n) is 9.18. The fraction of sp³-hybridized carbons (Fsp3) is 0.190. The summed E-state index contributed by atoms with van der Waals surface area (Å²) in [5.41, 5.74) is -0.0616. The van der Waals surface area contributed by atoms with Crippen LogP contribution in [0.1, 0.15) is 18.5 Å². The van der Waals surface area contributed by atoms with Crippen LogP contribution in [0.5, 0.6) is 0 Å². The van der Waals surface area contributed by atoms with E-state index in [1.54, 1.807) is 24.0 Å². The molecule has 30 heavy (non-hydrogen) atoms. The Balaban J connectivity index is 1.76. The van der Waals surface area contributed by atoms with Crippen molar-refractivity contribution in [1.82, 2.24) is 24.5 Å². The van der Waals surface area contributed by atoms with Gasteiger partial charge in [0.2, 0.25) is 0 Å². The third-order valence-electron chi connectivity index (χ3n) is 5.14. The van der Waals surface area contributed by atoms with Gasteiger partial charge in [0.1, 0.15) is 29.9 Å². The maximum absolute atomic E-state index is 14.7. The Bertz CT molecular complexity index is 1160. The zero-order chi connectivity index (χ0) is 21.3. The number of hydrogen-bond acceptors (Lipinski definition) is 4. The lowest BCUT2D eigenvalue weighted by Crippen LogP contribution is -2.40. The fourth-order valence-corrected chi connectivity index (χ4v) is 3.96. The molecule has 0 saturated heterocycles. The van der Waals surface area contributed by atoms with E-state index in [0.29, 0.717) is 0 Å². The molecule has 4 rings (SSSR count). The molecule has 2 atom stereocenters. The van der Waals surface area contributed by atoms with Crippen molar-refractivity contribution in [1.29, 1.82) is 0 Å². The van der Waals surface area contributed by atoms with Crippen LogP contribution in [-0.2, 0) is 12.1 Å². The number of aromatic nitrogens is 5. The van der Waals surface area contributed by atoms with Gasteiger partial charge in [-0.3, -0.25) is 4.68 Å². The molecule has 0 amide bonds. The summed E-state index contributed by atoms with van der Waals surface area (Å²) in [7, 11) is 0. The predicted octanol–water partition coefficient (Wildman–Crippen LogP) is 4.33. The minimum absolute atomic E-state index is 0.0511. The second kappa shape index (κ2) is 8.08. The van der Waals surface area contributed by atoms with Crippen LogP contribution >= 0.6 is 15.9 Å². The summed E-state index contributed by atoms with van der Waals surface area (Å²) < 4.78 is 32.1. The Morgan fingerprint density at radius 3 is 2.67 bits per heavy atom. The molecule has 0 unspecified atom stereocenters. The Labute approximate surface area is 179 Å². The summed E-state index contributed by atoms with van der Waals surface area (Å²) in [6, 6.07) is 10.1. The highest BCUT2D eigenvalue weighted by atomic mass is 79.9. The van der Waals surface area contributed by atoms with Crippen LogP contribution in [0.3, 0.4) is 0 Å². The first-order chi connectivity index (χ1) is 14.4. The number of aliphatic hydroxyl groups is 1. The predicted molar refractivity (Wildman–Crippen MR) is 110 cm³/mol. The van der Waals surface area contributed by atoms with Crippen LogP contribution in [0.4, 0.5) is 8.78 Å². The van der Waals surface area contributed by atoms with Crippen LogP contribution in [-0.4, -0.2) is 29.7 Å². The van der Waals surface area contributed by atoms with E-state index in [9.17, 15) is 13.9 Å². The second-order valence-electron chi connectivity index (χ2n) is 7.01. The smallest absolute Gasteiger partial charge is 0.137 e. The Morgan fingerprint density at radius 1 is 1.17 bits per heavy atom. The molecule has 6 nitrogen and oxygen atoms in total. The standard InChI is InChI=1S/C21H18BrF2N5O/c1-14(29-10-15(9-26-29)17-4-2-3-5-19(17)22)21(30,11-28-13-25-12-27-28)18-7-6-16(23)8-20(18)24/h2-10,12-14,30H,11H2,1H3/t14-,21-/m1/s1. The summed E-state index contributed by atoms with van der Waals surface area (Å²) >= 11 is 3.52. The molecule has 2 heterocycles. The van der Waals surface area contributed by atoms with Crippen molar-refractivity contribution in [3.63, 3.8) is 0 Å². The highest BCUT2D eigenvalue weighted by Crippen LogP contribution is 2.37. The number of nitrogens with zero attached hydrogens (tertiary/aromatic N) is 5. The summed E-state index contributed by atoms with van der Waals surface area (Å²) in [4.78, 5) is 3.88. The average Bonchev–Trinajstić information content (AvgIpc) is 3.39. The molecule has 0 aliphatic rings. The Kier molecular flexibility index (Phi) is 5.48. The van der Waals surface area contributed by atoms with Crippen molar-refractivity contribution in [3.8, 4) is 11.1 Å². The molecule has 0 aliphatic carbocycles. The van der Waals surface area contributed by atoms with Gasteiger partial charge in [-0.05, 0) is 24.6 Å². The number of benzene rings is 2. The number of halogens is 3. The van der Waals surface area contributed by atoms with E-state index in [1.165, 1.54) is 23.4 Å². The van der Waals surface area contributed by atoms with E-state index in [2.05, 4.69) is 31.1 Å². The normalized spacial score (nSPS) is 14.4. The van der Waals surface area contributed by atoms with Crippen molar-refractivity contribution < 1.29 is 13.9 Å². The van der Waals surface area contributed by atoms with Gasteiger partial charge >= 0.3 is 0 Å². The molecule has 0 fully saturated rings. The summed E-state index contributed by atoms with van der Waals surface area (Å²) in [6.07, 6.45) is 6.20. The molecule has 2 aromatic heterocycles. The number of hydrogen-bond donors (Lipinski definition) is 1. The maximum atomic E-state index is 14.7. The fourth-order valence-electron chi connectivity index (χ4n) is 3.45. The second-order valence-corrected chi connectivity index (χ2v) is 7.86. The molecule has 2 aromatic carbocycles. The van der Waals surface area contributed by atoms with Gasteiger partial charge in [0.05, 0.1) is 18.8 Å². The van der Waals surface area contributed by atoms with Gasteiger partial charge in [-0.1, -0.05) is 40.2 Å². The van der Waals surface area contributed by atoms with E-state index < -0.39 is 23.3 Å². The molecule has 0 spiro atoms. The van der Waals surface area contributed by atoms with Crippen molar-refractivity contribution in [2.75, 3.05) is 0 Å². The van der Waals surface area contributed by atoms with Crippen molar-refractivity contribution >= 4 is 15.9 Å². The largest absolute Gasteiger partial charge is 0.381 e. The van der Waals surface area contributed by atoms with E-state index in [1.807, 2.05) is 24.3 Å². The quantitative estimate of drug-likeness (QED) is 0.452. The Morgan fingerprint density at radius 2 is 1.97 bits per heavy atom. The van der Waals surface area contributed by atoms with Gasteiger partial charge in [-0.15, -0.1) is 0 Å². The minimum atomic E-state index is -1.78. The molecular formula is C21H18BrF2N5O. The number of rotatable bonds is 6. The van der Waals surface area contributed by atoms with Crippen LogP contribution < -0.4 is 0 Å². The topological polar surface area (TPSA) is 68.8 Å². The van der Waals surface area contributed by atoms with Crippen LogP contribution in [0.15, 0.2) is 72.0 Å². The third kappa shape index (κ3) is 3.78. The first-order valence-corrected chi connectivity index (χ1v) is 9.97. The monoisotopic (exact) mass is 473 g/mol. The lowest BCUT2D eigenvalue weighted by molar-refractivity contribution is -0.0368. The molecule has 154 valence electrons. The molecular weight excluding hydrogens is 456 g/mol. The van der Waals surface area contributed by atoms with Crippen LogP contribution in [0.25, 0.3) is 11.1 Å². The van der Waals surface area contributed by atoms with Crippen LogP contribution in [0.2, 0.25) is 0 Å². The van der Waals surface area contributed by atoms with E-state index >= 15 is 0 Å². The zero-order valence-corrected chi connectivity index (χ0v) is 17.5. The van der Waals surface area contributed by atoms with E-state index in [-0.39, 0.29) is 12.1 Å². The van der Waals surface area contributed by atoms with Crippen LogP contribution in [0, 0.1) is 11.6 Å². The molecule has 4 aromatic rings. The van der Waals surface area contributed by atoms with Gasteiger partial charge in [0.15, 0.2) is 0 Å². The van der Waals surface area contributed by atoms with Gasteiger partial charge in [0.25, 0.3) is 0 Å². The first kappa shape index (κ1) is 20.4. The molecule has 9 heteroatoms. The molecule has 0 aliphatic heterocycles. The SMILES string of the molecule is C[C@@H](n1cc(-c2ccccc2Br)cn1)[C@](O)(Cn1cncn1)c1ccc(F)cc1F. The maximum Gasteiger partial charge on any atom is 0.137 e. The highest BCUT2D eigenvalue weighted by molar-refractivity contribution is 9.10. The summed E-state index contributed by atoms with van der Waals surface area (Å²) in [5, 5.41) is 20.1. The summed E-state index contributed by atoms with van der Waals surface area (Å²) in [6.45, 7) is 1.62. The molecule has 0 saturated carbocycles. The minimum Gasteiger partial charge on any atom is -0.381 e. The third-order valence-corrected chi connectivity index (χ3v) is 5.83. The Hall–Kier alpha value is -2.91. The summed E-state index contributed by atoms with van der Waals surface area (Å²) in [5.74, 6) is -1.56. The molecule has 1 N–H and O–H groups in total. The van der Waals surface area contributed by atoms with Gasteiger partial charge in [-0.2, -0.15) is 10.2 Å². The van der Waals surface area contributed by atoms with Gasteiger partial charge < -0.3 is 5.11 Å². The highest BCUT2D eigenvalue weighted by Gasteiger charge is 2.40.